The maximum Gasteiger partial charge on any atom is 0.224 e. The van der Waals surface area contributed by atoms with Crippen molar-refractivity contribution in [1.29, 1.82) is 0 Å². The fraction of sp³-hybridized carbons (Fsp3) is 0.231. The number of nitrogens with zero attached hydrogens (tertiary/aromatic N) is 3. The molecule has 0 unspecified atom stereocenters. The lowest BCUT2D eigenvalue weighted by molar-refractivity contribution is 0.409. The molecule has 0 bridgehead atoms. The van der Waals surface area contributed by atoms with Gasteiger partial charge in [0.15, 0.2) is 0 Å². The lowest BCUT2D eigenvalue weighted by Crippen LogP contribution is -2.19. The lowest BCUT2D eigenvalue weighted by atomic mass is 10.2. The number of benzene rings is 1. The van der Waals surface area contributed by atoms with Gasteiger partial charge in [-0.1, -0.05) is 18.2 Å². The first-order valence-corrected chi connectivity index (χ1v) is 6.80. The van der Waals surface area contributed by atoms with Crippen molar-refractivity contribution in [3.8, 4) is 5.75 Å². The van der Waals surface area contributed by atoms with Gasteiger partial charge in [-0.05, 0) is 33.6 Å². The van der Waals surface area contributed by atoms with Crippen LogP contribution in [0, 0.1) is 0 Å². The molecule has 4 nitrogen and oxygen atoms in total. The molecule has 100 valence electrons. The molecular weight excluding hydrogens is 330 g/mol. The number of para-hydroxylation sites is 1. The topological polar surface area (TPSA) is 38.2 Å². The second kappa shape index (κ2) is 6.21. The van der Waals surface area contributed by atoms with Gasteiger partial charge < -0.3 is 9.64 Å². The van der Waals surface area contributed by atoms with Crippen molar-refractivity contribution in [2.24, 2.45) is 0 Å². The van der Waals surface area contributed by atoms with Gasteiger partial charge in [0.05, 0.1) is 11.6 Å². The number of rotatable bonds is 4. The molecule has 0 amide bonds. The second-order valence-corrected chi connectivity index (χ2v) is 5.17. The van der Waals surface area contributed by atoms with E-state index in [-0.39, 0.29) is 5.28 Å². The van der Waals surface area contributed by atoms with Crippen molar-refractivity contribution in [3.63, 3.8) is 0 Å². The Morgan fingerprint density at radius 3 is 2.84 bits per heavy atom. The highest BCUT2D eigenvalue weighted by Gasteiger charge is 2.11. The Morgan fingerprint density at radius 2 is 2.11 bits per heavy atom. The number of hydrogen-bond donors (Lipinski definition) is 0. The number of anilines is 1. The van der Waals surface area contributed by atoms with E-state index in [4.69, 9.17) is 16.3 Å². The minimum absolute atomic E-state index is 0.227. The van der Waals surface area contributed by atoms with Crippen molar-refractivity contribution < 1.29 is 4.74 Å². The van der Waals surface area contributed by atoms with E-state index in [2.05, 4.69) is 25.9 Å². The molecule has 0 spiro atoms. The fourth-order valence-corrected chi connectivity index (χ4v) is 2.39. The van der Waals surface area contributed by atoms with Crippen LogP contribution >= 0.6 is 27.5 Å². The highest BCUT2D eigenvalue weighted by atomic mass is 79.9. The third-order valence-corrected chi connectivity index (χ3v) is 3.40. The zero-order chi connectivity index (χ0) is 13.8. The molecule has 1 aromatic heterocycles. The normalized spacial score (nSPS) is 10.3. The van der Waals surface area contributed by atoms with Crippen LogP contribution in [-0.4, -0.2) is 24.1 Å². The van der Waals surface area contributed by atoms with Gasteiger partial charge in [-0.15, -0.1) is 0 Å². The predicted molar refractivity (Wildman–Crippen MR) is 79.8 cm³/mol. The quantitative estimate of drug-likeness (QED) is 0.797. The van der Waals surface area contributed by atoms with Crippen LogP contribution in [0.15, 0.2) is 34.9 Å². The van der Waals surface area contributed by atoms with E-state index >= 15 is 0 Å². The molecule has 6 heteroatoms. The van der Waals surface area contributed by atoms with Gasteiger partial charge in [0.25, 0.3) is 0 Å². The summed E-state index contributed by atoms with van der Waals surface area (Å²) >= 11 is 9.25. The third-order valence-electron chi connectivity index (χ3n) is 2.66. The summed E-state index contributed by atoms with van der Waals surface area (Å²) in [5.74, 6) is 1.59. The van der Waals surface area contributed by atoms with Gasteiger partial charge in [0, 0.05) is 25.4 Å². The molecule has 0 aliphatic rings. The van der Waals surface area contributed by atoms with Crippen LogP contribution in [0.4, 0.5) is 5.82 Å². The molecule has 0 fully saturated rings. The van der Waals surface area contributed by atoms with Crippen LogP contribution < -0.4 is 9.64 Å². The van der Waals surface area contributed by atoms with Gasteiger partial charge in [-0.3, -0.25) is 0 Å². The molecule has 0 saturated carbocycles. The summed E-state index contributed by atoms with van der Waals surface area (Å²) in [5, 5.41) is 0.227. The van der Waals surface area contributed by atoms with Crippen LogP contribution in [0.1, 0.15) is 5.56 Å². The smallest absolute Gasteiger partial charge is 0.224 e. The fourth-order valence-electron chi connectivity index (χ4n) is 1.77. The molecule has 0 aliphatic carbocycles. The van der Waals surface area contributed by atoms with Crippen LogP contribution in [0.5, 0.6) is 5.75 Å². The first-order chi connectivity index (χ1) is 9.11. The summed E-state index contributed by atoms with van der Waals surface area (Å²) in [7, 11) is 3.60. The van der Waals surface area contributed by atoms with E-state index in [1.807, 2.05) is 36.2 Å². The van der Waals surface area contributed by atoms with Crippen molar-refractivity contribution in [3.05, 3.63) is 45.8 Å². The average Bonchev–Trinajstić information content (AvgIpc) is 2.42. The minimum atomic E-state index is 0.227. The molecule has 0 radical (unpaired) electrons. The molecular formula is C13H13BrClN3O. The maximum absolute atomic E-state index is 5.83. The second-order valence-electron chi connectivity index (χ2n) is 3.98. The molecule has 0 aliphatic heterocycles. The number of ether oxygens (including phenoxy) is 1. The molecule has 2 rings (SSSR count). The van der Waals surface area contributed by atoms with Crippen molar-refractivity contribution in [2.45, 2.75) is 6.54 Å². The summed E-state index contributed by atoms with van der Waals surface area (Å²) in [6.07, 6.45) is 1.64. The lowest BCUT2D eigenvalue weighted by Gasteiger charge is -2.20. The maximum atomic E-state index is 5.83. The number of halogens is 2. The summed E-state index contributed by atoms with van der Waals surface area (Å²) in [6.45, 7) is 0.663. The number of aromatic nitrogens is 2. The van der Waals surface area contributed by atoms with E-state index in [1.165, 1.54) is 0 Å². The van der Waals surface area contributed by atoms with Gasteiger partial charge in [-0.2, -0.15) is 4.98 Å². The van der Waals surface area contributed by atoms with E-state index in [9.17, 15) is 0 Å². The van der Waals surface area contributed by atoms with Crippen LogP contribution in [0.2, 0.25) is 5.28 Å². The Labute approximate surface area is 125 Å². The molecule has 1 heterocycles. The van der Waals surface area contributed by atoms with E-state index in [1.54, 1.807) is 13.3 Å². The Morgan fingerprint density at radius 1 is 1.37 bits per heavy atom. The standard InChI is InChI=1S/C13H13BrClN3O/c1-18(12-10(14)7-16-13(15)17-12)8-9-5-3-4-6-11(9)19-2/h3-7H,8H2,1-2H3. The number of hydrogen-bond acceptors (Lipinski definition) is 4. The summed E-state index contributed by atoms with van der Waals surface area (Å²) < 4.78 is 6.14. The van der Waals surface area contributed by atoms with Gasteiger partial charge >= 0.3 is 0 Å². The molecule has 0 N–H and O–H groups in total. The van der Waals surface area contributed by atoms with Gasteiger partial charge in [0.2, 0.25) is 5.28 Å². The zero-order valence-corrected chi connectivity index (χ0v) is 12.9. The van der Waals surface area contributed by atoms with Gasteiger partial charge in [-0.25, -0.2) is 4.98 Å². The Balaban J connectivity index is 2.25. The molecule has 0 saturated heterocycles. The zero-order valence-electron chi connectivity index (χ0n) is 10.6. The van der Waals surface area contributed by atoms with Crippen molar-refractivity contribution in [1.82, 2.24) is 9.97 Å². The Hall–Kier alpha value is -1.33. The molecule has 19 heavy (non-hydrogen) atoms. The van der Waals surface area contributed by atoms with Crippen molar-refractivity contribution in [2.75, 3.05) is 19.1 Å². The first kappa shape index (κ1) is 14.1. The Kier molecular flexibility index (Phi) is 4.61. The molecule has 0 atom stereocenters. The van der Waals surface area contributed by atoms with E-state index in [0.717, 1.165) is 21.6 Å². The van der Waals surface area contributed by atoms with E-state index in [0.29, 0.717) is 6.54 Å². The third kappa shape index (κ3) is 3.36. The van der Waals surface area contributed by atoms with E-state index < -0.39 is 0 Å². The average molecular weight is 343 g/mol. The Bertz CT molecular complexity index is 580. The van der Waals surface area contributed by atoms with Crippen molar-refractivity contribution >= 4 is 33.3 Å². The molecule has 2 aromatic rings. The monoisotopic (exact) mass is 341 g/mol. The molecule has 1 aromatic carbocycles. The van der Waals surface area contributed by atoms with Crippen LogP contribution in [0.25, 0.3) is 0 Å². The first-order valence-electron chi connectivity index (χ1n) is 5.63. The SMILES string of the molecule is COc1ccccc1CN(C)c1nc(Cl)ncc1Br. The summed E-state index contributed by atoms with van der Waals surface area (Å²) in [4.78, 5) is 10.1. The van der Waals surface area contributed by atoms with Crippen LogP contribution in [0.3, 0.4) is 0 Å². The highest BCUT2D eigenvalue weighted by molar-refractivity contribution is 9.10. The summed E-state index contributed by atoms with van der Waals surface area (Å²) in [5.41, 5.74) is 1.08. The summed E-state index contributed by atoms with van der Waals surface area (Å²) in [6, 6.07) is 7.88. The largest absolute Gasteiger partial charge is 0.496 e. The van der Waals surface area contributed by atoms with Gasteiger partial charge in [0.1, 0.15) is 11.6 Å². The van der Waals surface area contributed by atoms with Crippen LogP contribution in [-0.2, 0) is 6.54 Å². The predicted octanol–water partition coefficient (Wildman–Crippen LogP) is 3.54. The minimum Gasteiger partial charge on any atom is -0.496 e. The highest BCUT2D eigenvalue weighted by Crippen LogP contribution is 2.26. The number of methoxy groups -OCH3 is 1.